The van der Waals surface area contributed by atoms with Gasteiger partial charge in [0.25, 0.3) is 0 Å². The fourth-order valence-electron chi connectivity index (χ4n) is 4.44. The zero-order chi connectivity index (χ0) is 23.8. The summed E-state index contributed by atoms with van der Waals surface area (Å²) in [4.78, 5) is 12.4. The normalized spacial score (nSPS) is 19.2. The van der Waals surface area contributed by atoms with Crippen LogP contribution in [-0.2, 0) is 14.8 Å². The van der Waals surface area contributed by atoms with Crippen LogP contribution in [0.15, 0.2) is 89.3 Å². The second kappa shape index (κ2) is 8.96. The Balaban J connectivity index is 1.98. The van der Waals surface area contributed by atoms with Crippen molar-refractivity contribution in [2.45, 2.75) is 44.2 Å². The highest BCUT2D eigenvalue weighted by Crippen LogP contribution is 2.45. The van der Waals surface area contributed by atoms with Gasteiger partial charge in [0.1, 0.15) is 0 Å². The molecule has 0 aromatic heterocycles. The number of rotatable bonds is 5. The number of hydrogen-bond acceptors (Lipinski definition) is 3. The summed E-state index contributed by atoms with van der Waals surface area (Å²) in [6, 6.07) is 20.3. The van der Waals surface area contributed by atoms with E-state index in [0.717, 1.165) is 22.3 Å². The molecule has 0 bridgehead atoms. The molecule has 5 nitrogen and oxygen atoms in total. The van der Waals surface area contributed by atoms with Crippen molar-refractivity contribution < 1.29 is 18.3 Å². The molecule has 0 saturated heterocycles. The summed E-state index contributed by atoms with van der Waals surface area (Å²) >= 11 is 0. The second-order valence-electron chi connectivity index (χ2n) is 8.59. The molecular formula is C27H27NO4S. The highest BCUT2D eigenvalue weighted by atomic mass is 32.2. The first-order valence-electron chi connectivity index (χ1n) is 10.8. The number of hydrogen-bond donors (Lipinski definition) is 1. The summed E-state index contributed by atoms with van der Waals surface area (Å²) in [5.41, 5.74) is 4.44. The lowest BCUT2D eigenvalue weighted by atomic mass is 9.88. The van der Waals surface area contributed by atoms with Gasteiger partial charge in [0.15, 0.2) is 0 Å². The molecule has 33 heavy (non-hydrogen) atoms. The maximum atomic E-state index is 14.1. The lowest BCUT2D eigenvalue weighted by Crippen LogP contribution is -2.42. The van der Waals surface area contributed by atoms with E-state index < -0.39 is 28.1 Å². The first kappa shape index (κ1) is 23.0. The zero-order valence-electron chi connectivity index (χ0n) is 18.9. The average Bonchev–Trinajstić information content (AvgIpc) is 2.78. The zero-order valence-corrected chi connectivity index (χ0v) is 19.7. The van der Waals surface area contributed by atoms with Gasteiger partial charge in [-0.1, -0.05) is 83.4 Å². The summed E-state index contributed by atoms with van der Waals surface area (Å²) in [6.07, 6.45) is 1.95. The van der Waals surface area contributed by atoms with Crippen LogP contribution in [0.2, 0.25) is 0 Å². The Kier molecular flexibility index (Phi) is 6.23. The molecular weight excluding hydrogens is 434 g/mol. The highest BCUT2D eigenvalue weighted by molar-refractivity contribution is 7.89. The number of sulfonamides is 1. The van der Waals surface area contributed by atoms with Crippen LogP contribution in [0.1, 0.15) is 46.3 Å². The van der Waals surface area contributed by atoms with Crippen LogP contribution in [0, 0.1) is 20.8 Å². The Bertz CT molecular complexity index is 1330. The lowest BCUT2D eigenvalue weighted by Gasteiger charge is -2.40. The highest BCUT2D eigenvalue weighted by Gasteiger charge is 2.44. The maximum absolute atomic E-state index is 14.1. The van der Waals surface area contributed by atoms with E-state index in [9.17, 15) is 18.3 Å². The Morgan fingerprint density at radius 1 is 0.848 bits per heavy atom. The molecule has 0 fully saturated rings. The molecule has 0 amide bonds. The Morgan fingerprint density at radius 2 is 1.42 bits per heavy atom. The van der Waals surface area contributed by atoms with Crippen LogP contribution < -0.4 is 0 Å². The van der Waals surface area contributed by atoms with Crippen LogP contribution in [0.3, 0.4) is 0 Å². The van der Waals surface area contributed by atoms with E-state index in [1.54, 1.807) is 36.4 Å². The SMILES string of the molecule is Cc1ccc(S(=O)(=O)N2[C@@H](c3cccc(C)c3)C(C(=O)O)=CC[C@H]2c2cccc(C)c2)cc1. The summed E-state index contributed by atoms with van der Waals surface area (Å²) < 4.78 is 29.6. The minimum absolute atomic E-state index is 0.0696. The third-order valence-electron chi connectivity index (χ3n) is 6.05. The topological polar surface area (TPSA) is 74.7 Å². The minimum Gasteiger partial charge on any atom is -0.478 e. The monoisotopic (exact) mass is 461 g/mol. The molecule has 3 aromatic carbocycles. The van der Waals surface area contributed by atoms with Gasteiger partial charge in [-0.15, -0.1) is 0 Å². The van der Waals surface area contributed by atoms with Crippen molar-refractivity contribution in [3.05, 3.63) is 112 Å². The molecule has 0 radical (unpaired) electrons. The van der Waals surface area contributed by atoms with Gasteiger partial charge in [0.05, 0.1) is 22.6 Å². The Morgan fingerprint density at radius 3 is 2.00 bits per heavy atom. The van der Waals surface area contributed by atoms with E-state index in [4.69, 9.17) is 0 Å². The number of carboxylic acid groups (broad SMARTS) is 1. The number of aryl methyl sites for hydroxylation is 3. The first-order chi connectivity index (χ1) is 15.7. The van der Waals surface area contributed by atoms with E-state index in [2.05, 4.69) is 0 Å². The van der Waals surface area contributed by atoms with Gasteiger partial charge in [-0.25, -0.2) is 13.2 Å². The van der Waals surface area contributed by atoms with Crippen molar-refractivity contribution in [1.82, 2.24) is 4.31 Å². The van der Waals surface area contributed by atoms with Crippen molar-refractivity contribution in [3.63, 3.8) is 0 Å². The smallest absolute Gasteiger partial charge is 0.333 e. The van der Waals surface area contributed by atoms with E-state index in [0.29, 0.717) is 5.56 Å². The summed E-state index contributed by atoms with van der Waals surface area (Å²) in [7, 11) is -4.04. The quantitative estimate of drug-likeness (QED) is 0.544. The minimum atomic E-state index is -4.04. The first-order valence-corrected chi connectivity index (χ1v) is 12.3. The third-order valence-corrected chi connectivity index (χ3v) is 7.93. The predicted octanol–water partition coefficient (Wildman–Crippen LogP) is 5.50. The molecule has 0 spiro atoms. The van der Waals surface area contributed by atoms with Crippen LogP contribution >= 0.6 is 0 Å². The van der Waals surface area contributed by atoms with E-state index >= 15 is 0 Å². The van der Waals surface area contributed by atoms with Crippen molar-refractivity contribution in [3.8, 4) is 0 Å². The molecule has 170 valence electrons. The van der Waals surface area contributed by atoms with Crippen LogP contribution in [0.4, 0.5) is 0 Å². The third kappa shape index (κ3) is 4.49. The van der Waals surface area contributed by atoms with Crippen molar-refractivity contribution in [1.29, 1.82) is 0 Å². The Hall–Kier alpha value is -3.22. The molecule has 1 aliphatic heterocycles. The fraction of sp³-hybridized carbons (Fsp3) is 0.222. The summed E-state index contributed by atoms with van der Waals surface area (Å²) in [5, 5.41) is 10.0. The number of carboxylic acids is 1. The van der Waals surface area contributed by atoms with Crippen molar-refractivity contribution >= 4 is 16.0 Å². The van der Waals surface area contributed by atoms with Crippen LogP contribution in [-0.4, -0.2) is 23.8 Å². The molecule has 1 N–H and O–H groups in total. The number of aliphatic carboxylic acids is 1. The average molecular weight is 462 g/mol. The Labute approximate surface area is 195 Å². The number of carbonyl (C=O) groups is 1. The van der Waals surface area contributed by atoms with Gasteiger partial charge in [-0.05, 0) is 50.5 Å². The predicted molar refractivity (Wildman–Crippen MR) is 128 cm³/mol. The van der Waals surface area contributed by atoms with Crippen LogP contribution in [0.5, 0.6) is 0 Å². The standard InChI is InChI=1S/C27H27NO4S/c1-18-10-12-23(13-11-18)33(31,32)28-25(21-8-4-6-19(2)16-21)15-14-24(27(29)30)26(28)22-9-5-7-20(3)17-22/h4-14,16-17,25-26H,15H2,1-3H3,(H,29,30)/t25-,26-/m0/s1. The molecule has 1 aliphatic rings. The van der Waals surface area contributed by atoms with Gasteiger partial charge in [-0.2, -0.15) is 4.31 Å². The van der Waals surface area contributed by atoms with Gasteiger partial charge < -0.3 is 5.11 Å². The van der Waals surface area contributed by atoms with Gasteiger partial charge in [0.2, 0.25) is 10.0 Å². The summed E-state index contributed by atoms with van der Waals surface area (Å²) in [5.74, 6) is -1.12. The molecule has 3 aromatic rings. The van der Waals surface area contributed by atoms with E-state index in [1.807, 2.05) is 63.2 Å². The largest absolute Gasteiger partial charge is 0.478 e. The van der Waals surface area contributed by atoms with Gasteiger partial charge >= 0.3 is 5.97 Å². The second-order valence-corrected chi connectivity index (χ2v) is 10.4. The summed E-state index contributed by atoms with van der Waals surface area (Å²) in [6.45, 7) is 5.77. The van der Waals surface area contributed by atoms with Crippen molar-refractivity contribution in [2.24, 2.45) is 0 Å². The van der Waals surface area contributed by atoms with E-state index in [1.165, 1.54) is 4.31 Å². The molecule has 1 heterocycles. The number of benzene rings is 3. The number of nitrogens with zero attached hydrogens (tertiary/aromatic N) is 1. The van der Waals surface area contributed by atoms with Gasteiger partial charge in [-0.3, -0.25) is 0 Å². The lowest BCUT2D eigenvalue weighted by molar-refractivity contribution is -0.133. The van der Waals surface area contributed by atoms with Crippen molar-refractivity contribution in [2.75, 3.05) is 0 Å². The molecule has 2 atom stereocenters. The molecule has 0 unspecified atom stereocenters. The van der Waals surface area contributed by atoms with Crippen LogP contribution in [0.25, 0.3) is 0 Å². The molecule has 0 aliphatic carbocycles. The van der Waals surface area contributed by atoms with Gasteiger partial charge in [0, 0.05) is 0 Å². The molecule has 4 rings (SSSR count). The van der Waals surface area contributed by atoms with E-state index in [-0.39, 0.29) is 16.9 Å². The molecule has 6 heteroatoms. The maximum Gasteiger partial charge on any atom is 0.333 e. The fourth-order valence-corrected chi connectivity index (χ4v) is 6.22. The molecule has 0 saturated carbocycles.